The van der Waals surface area contributed by atoms with E-state index >= 15 is 0 Å². The molecule has 2 N–H and O–H groups in total. The summed E-state index contributed by atoms with van der Waals surface area (Å²) in [5.41, 5.74) is 1.79. The number of aliphatic imine (C=N–C) groups is 1. The molecule has 138 valence electrons. The Bertz CT molecular complexity index is 544. The lowest BCUT2D eigenvalue weighted by molar-refractivity contribution is -0.122. The number of likely N-dealkylation sites (N-methyl/N-ethyl adjacent to an activating group) is 1. The van der Waals surface area contributed by atoms with Gasteiger partial charge >= 0.3 is 0 Å². The second-order valence-electron chi connectivity index (χ2n) is 6.68. The summed E-state index contributed by atoms with van der Waals surface area (Å²) in [5, 5.41) is 10.1. The Hall–Kier alpha value is -1.32. The van der Waals surface area contributed by atoms with Gasteiger partial charge in [0, 0.05) is 31.7 Å². The number of rotatable bonds is 5. The van der Waals surface area contributed by atoms with Crippen LogP contribution in [0.15, 0.2) is 9.52 Å². The van der Waals surface area contributed by atoms with Crippen LogP contribution in [0.25, 0.3) is 0 Å². The number of hydrogen-bond acceptors (Lipinski definition) is 4. The highest BCUT2D eigenvalue weighted by Crippen LogP contribution is 2.12. The van der Waals surface area contributed by atoms with Gasteiger partial charge in [0.1, 0.15) is 5.76 Å². The summed E-state index contributed by atoms with van der Waals surface area (Å²) >= 11 is 0. The molecule has 0 fully saturated rings. The van der Waals surface area contributed by atoms with Crippen molar-refractivity contribution in [2.24, 2.45) is 4.99 Å². The third-order valence-electron chi connectivity index (χ3n) is 3.31. The fourth-order valence-electron chi connectivity index (χ4n) is 2.29. The Morgan fingerprint density at radius 2 is 1.96 bits per heavy atom. The first-order valence-corrected chi connectivity index (χ1v) is 7.78. The van der Waals surface area contributed by atoms with Gasteiger partial charge in [-0.3, -0.25) is 9.79 Å². The molecule has 0 saturated heterocycles. The van der Waals surface area contributed by atoms with Gasteiger partial charge in [0.15, 0.2) is 5.96 Å². The van der Waals surface area contributed by atoms with Gasteiger partial charge in [0.2, 0.25) is 5.91 Å². The van der Waals surface area contributed by atoms with Gasteiger partial charge in [-0.25, -0.2) is 0 Å². The summed E-state index contributed by atoms with van der Waals surface area (Å²) in [4.78, 5) is 18.0. The van der Waals surface area contributed by atoms with E-state index in [4.69, 9.17) is 4.52 Å². The van der Waals surface area contributed by atoms with Crippen molar-refractivity contribution < 1.29 is 9.32 Å². The predicted molar refractivity (Wildman–Crippen MR) is 107 cm³/mol. The fraction of sp³-hybridized carbons (Fsp3) is 0.688. The van der Waals surface area contributed by atoms with Crippen molar-refractivity contribution in [2.45, 2.75) is 46.6 Å². The molecule has 0 unspecified atom stereocenters. The Kier molecular flexibility index (Phi) is 9.31. The molecule has 0 aliphatic rings. The SMILES string of the molecule is CN=C(NCCc1c(C)noc1C)N(C)CC(=O)NC(C)(C)C.I. The third-order valence-corrected chi connectivity index (χ3v) is 3.31. The molecule has 0 aliphatic carbocycles. The van der Waals surface area contributed by atoms with Crippen molar-refractivity contribution in [2.75, 3.05) is 27.2 Å². The second kappa shape index (κ2) is 9.85. The Morgan fingerprint density at radius 1 is 1.33 bits per heavy atom. The normalized spacial score (nSPS) is 11.7. The number of carbonyl (C=O) groups is 1. The fourth-order valence-corrected chi connectivity index (χ4v) is 2.29. The largest absolute Gasteiger partial charge is 0.361 e. The lowest BCUT2D eigenvalue weighted by Gasteiger charge is -2.25. The van der Waals surface area contributed by atoms with Gasteiger partial charge < -0.3 is 20.1 Å². The van der Waals surface area contributed by atoms with Gasteiger partial charge in [-0.1, -0.05) is 5.16 Å². The highest BCUT2D eigenvalue weighted by Gasteiger charge is 2.17. The maximum Gasteiger partial charge on any atom is 0.240 e. The van der Waals surface area contributed by atoms with Crippen LogP contribution < -0.4 is 10.6 Å². The molecule has 0 spiro atoms. The van der Waals surface area contributed by atoms with Crippen LogP contribution in [-0.2, 0) is 11.2 Å². The summed E-state index contributed by atoms with van der Waals surface area (Å²) in [6.45, 7) is 10.7. The van der Waals surface area contributed by atoms with Crippen molar-refractivity contribution in [1.82, 2.24) is 20.7 Å². The first kappa shape index (κ1) is 22.7. The number of hydrogen-bond donors (Lipinski definition) is 2. The van der Waals surface area contributed by atoms with Crippen molar-refractivity contribution in [1.29, 1.82) is 0 Å². The molecule has 7 nitrogen and oxygen atoms in total. The Balaban J connectivity index is 0.00000529. The number of amides is 1. The minimum atomic E-state index is -0.238. The van der Waals surface area contributed by atoms with E-state index in [1.54, 1.807) is 11.9 Å². The highest BCUT2D eigenvalue weighted by molar-refractivity contribution is 14.0. The zero-order valence-corrected chi connectivity index (χ0v) is 18.0. The molecular formula is C16H30IN5O2. The van der Waals surface area contributed by atoms with Crippen molar-refractivity contribution in [3.05, 3.63) is 17.0 Å². The molecule has 1 aromatic heterocycles. The third kappa shape index (κ3) is 7.50. The highest BCUT2D eigenvalue weighted by atomic mass is 127. The average molecular weight is 451 g/mol. The van der Waals surface area contributed by atoms with Crippen molar-refractivity contribution in [3.63, 3.8) is 0 Å². The van der Waals surface area contributed by atoms with E-state index in [0.717, 1.165) is 23.4 Å². The molecule has 0 aliphatic heterocycles. The molecule has 0 aromatic carbocycles. The monoisotopic (exact) mass is 451 g/mol. The van der Waals surface area contributed by atoms with Crippen LogP contribution in [-0.4, -0.2) is 54.6 Å². The number of guanidine groups is 1. The smallest absolute Gasteiger partial charge is 0.240 e. The van der Waals surface area contributed by atoms with E-state index in [0.29, 0.717) is 12.5 Å². The summed E-state index contributed by atoms with van der Waals surface area (Å²) in [7, 11) is 3.55. The maximum absolute atomic E-state index is 12.0. The molecule has 0 saturated carbocycles. The molecule has 1 aromatic rings. The molecule has 8 heteroatoms. The quantitative estimate of drug-likeness (QED) is 0.406. The van der Waals surface area contributed by atoms with Crippen LogP contribution in [0.4, 0.5) is 0 Å². The Labute approximate surface area is 161 Å². The molecule has 24 heavy (non-hydrogen) atoms. The maximum atomic E-state index is 12.0. The number of nitrogens with zero attached hydrogens (tertiary/aromatic N) is 3. The van der Waals surface area contributed by atoms with E-state index < -0.39 is 0 Å². The van der Waals surface area contributed by atoms with Crippen LogP contribution >= 0.6 is 24.0 Å². The van der Waals surface area contributed by atoms with Crippen molar-refractivity contribution >= 4 is 35.8 Å². The van der Waals surface area contributed by atoms with Gasteiger partial charge in [-0.15, -0.1) is 24.0 Å². The second-order valence-corrected chi connectivity index (χ2v) is 6.68. The van der Waals surface area contributed by atoms with Crippen molar-refractivity contribution in [3.8, 4) is 0 Å². The van der Waals surface area contributed by atoms with E-state index in [-0.39, 0.29) is 42.0 Å². The topological polar surface area (TPSA) is 82.8 Å². The van der Waals surface area contributed by atoms with Crippen LogP contribution in [0.1, 0.15) is 37.8 Å². The molecule has 1 rings (SSSR count). The number of aryl methyl sites for hydroxylation is 2. The predicted octanol–water partition coefficient (Wildman–Crippen LogP) is 1.87. The first-order chi connectivity index (χ1) is 10.6. The minimum absolute atomic E-state index is 0. The summed E-state index contributed by atoms with van der Waals surface area (Å²) in [6.07, 6.45) is 0.794. The molecule has 0 bridgehead atoms. The first-order valence-electron chi connectivity index (χ1n) is 7.78. The zero-order valence-electron chi connectivity index (χ0n) is 15.7. The van der Waals surface area contributed by atoms with Crippen LogP contribution in [0.2, 0.25) is 0 Å². The summed E-state index contributed by atoms with van der Waals surface area (Å²) in [6, 6.07) is 0. The zero-order chi connectivity index (χ0) is 17.6. The minimum Gasteiger partial charge on any atom is -0.361 e. The van der Waals surface area contributed by atoms with Gasteiger partial charge in [0.25, 0.3) is 0 Å². The molecule has 0 atom stereocenters. The van der Waals surface area contributed by atoms with Crippen LogP contribution in [0, 0.1) is 13.8 Å². The lowest BCUT2D eigenvalue weighted by atomic mass is 10.1. The number of aromatic nitrogens is 1. The number of nitrogens with one attached hydrogen (secondary N) is 2. The van der Waals surface area contributed by atoms with E-state index in [2.05, 4.69) is 20.8 Å². The van der Waals surface area contributed by atoms with E-state index in [9.17, 15) is 4.79 Å². The van der Waals surface area contributed by atoms with E-state index in [1.807, 2.05) is 41.7 Å². The molecule has 1 amide bonds. The number of carbonyl (C=O) groups excluding carboxylic acids is 1. The number of halogens is 1. The summed E-state index contributed by atoms with van der Waals surface area (Å²) < 4.78 is 5.15. The Morgan fingerprint density at radius 3 is 2.42 bits per heavy atom. The van der Waals surface area contributed by atoms with Crippen LogP contribution in [0.3, 0.4) is 0 Å². The molecule has 0 radical (unpaired) electrons. The molecular weight excluding hydrogens is 421 g/mol. The average Bonchev–Trinajstić information content (AvgIpc) is 2.72. The van der Waals surface area contributed by atoms with Gasteiger partial charge in [-0.05, 0) is 41.0 Å². The molecule has 1 heterocycles. The van der Waals surface area contributed by atoms with Crippen LogP contribution in [0.5, 0.6) is 0 Å². The summed E-state index contributed by atoms with van der Waals surface area (Å²) in [5.74, 6) is 1.49. The van der Waals surface area contributed by atoms with Gasteiger partial charge in [-0.2, -0.15) is 0 Å². The standard InChI is InChI=1S/C16H29N5O2.HI/c1-11-13(12(2)23-20-11)8-9-18-15(17-6)21(7)10-14(22)19-16(3,4)5;/h8-10H2,1-7H3,(H,17,18)(H,19,22);1H. The van der Waals surface area contributed by atoms with Gasteiger partial charge in [0.05, 0.1) is 12.2 Å². The van der Waals surface area contributed by atoms with E-state index in [1.165, 1.54) is 0 Å². The lowest BCUT2D eigenvalue weighted by Crippen LogP contribution is -2.49.